The fraction of sp³-hybridized carbons (Fsp3) is 1.00. The van der Waals surface area contributed by atoms with Crippen LogP contribution >= 0.6 is 0 Å². The predicted octanol–water partition coefficient (Wildman–Crippen LogP) is 1.94. The van der Waals surface area contributed by atoms with Gasteiger partial charge in [-0.15, -0.1) is 0 Å². The molecule has 0 aromatic heterocycles. The highest BCUT2D eigenvalue weighted by Crippen LogP contribution is 2.40. The van der Waals surface area contributed by atoms with E-state index in [1.54, 1.807) is 0 Å². The van der Waals surface area contributed by atoms with Crippen LogP contribution in [0.25, 0.3) is 0 Å². The van der Waals surface area contributed by atoms with Gasteiger partial charge in [0.15, 0.2) is 0 Å². The zero-order valence-corrected chi connectivity index (χ0v) is 11.0. The molecule has 0 amide bonds. The molecule has 3 heteroatoms. The maximum atomic E-state index is 9.65. The van der Waals surface area contributed by atoms with Crippen LogP contribution in [-0.2, 0) is 4.74 Å². The summed E-state index contributed by atoms with van der Waals surface area (Å²) in [5, 5.41) is 13.2. The van der Waals surface area contributed by atoms with Crippen LogP contribution in [0.3, 0.4) is 0 Å². The van der Waals surface area contributed by atoms with Crippen molar-refractivity contribution >= 4 is 0 Å². The van der Waals surface area contributed by atoms with Crippen molar-refractivity contribution in [1.29, 1.82) is 0 Å². The first-order chi connectivity index (χ1) is 7.64. The Morgan fingerprint density at radius 2 is 2.12 bits per heavy atom. The minimum absolute atomic E-state index is 0.183. The Bertz CT molecular complexity index is 192. The minimum atomic E-state index is -0.193. The highest BCUT2D eigenvalue weighted by atomic mass is 16.5. The SMILES string of the molecule is CCCCOCC(CO)(NC(C)C)C1CC1. The van der Waals surface area contributed by atoms with Crippen molar-refractivity contribution in [2.45, 2.75) is 58.0 Å². The number of hydrogen-bond donors (Lipinski definition) is 2. The molecule has 1 fully saturated rings. The second-order valence-corrected chi connectivity index (χ2v) is 5.29. The molecular weight excluding hydrogens is 202 g/mol. The molecule has 96 valence electrons. The number of nitrogens with one attached hydrogen (secondary N) is 1. The van der Waals surface area contributed by atoms with Gasteiger partial charge in [0.2, 0.25) is 0 Å². The lowest BCUT2D eigenvalue weighted by Gasteiger charge is -2.35. The molecule has 16 heavy (non-hydrogen) atoms. The summed E-state index contributed by atoms with van der Waals surface area (Å²) in [5.41, 5.74) is -0.193. The molecule has 0 radical (unpaired) electrons. The first-order valence-electron chi connectivity index (χ1n) is 6.61. The van der Waals surface area contributed by atoms with Gasteiger partial charge in [0.25, 0.3) is 0 Å². The van der Waals surface area contributed by atoms with Crippen molar-refractivity contribution in [2.75, 3.05) is 19.8 Å². The smallest absolute Gasteiger partial charge is 0.0681 e. The quantitative estimate of drug-likeness (QED) is 0.594. The Hall–Kier alpha value is -0.120. The van der Waals surface area contributed by atoms with Crippen LogP contribution in [0.1, 0.15) is 46.5 Å². The van der Waals surface area contributed by atoms with Gasteiger partial charge in [0, 0.05) is 12.6 Å². The Morgan fingerprint density at radius 3 is 2.56 bits per heavy atom. The van der Waals surface area contributed by atoms with E-state index in [-0.39, 0.29) is 12.1 Å². The van der Waals surface area contributed by atoms with Gasteiger partial charge in [-0.05, 0) is 25.2 Å². The van der Waals surface area contributed by atoms with Gasteiger partial charge in [-0.2, -0.15) is 0 Å². The molecule has 0 heterocycles. The highest BCUT2D eigenvalue weighted by molar-refractivity contribution is 5.01. The molecular formula is C13H27NO2. The van der Waals surface area contributed by atoms with E-state index >= 15 is 0 Å². The number of aliphatic hydroxyl groups is 1. The second-order valence-electron chi connectivity index (χ2n) is 5.29. The van der Waals surface area contributed by atoms with Gasteiger partial charge >= 0.3 is 0 Å². The average Bonchev–Trinajstić information content (AvgIpc) is 3.06. The van der Waals surface area contributed by atoms with Crippen molar-refractivity contribution in [2.24, 2.45) is 5.92 Å². The summed E-state index contributed by atoms with van der Waals surface area (Å²) in [6, 6.07) is 0.391. The molecule has 1 aliphatic carbocycles. The van der Waals surface area contributed by atoms with Crippen LogP contribution in [0.4, 0.5) is 0 Å². The molecule has 0 aliphatic heterocycles. The van der Waals surface area contributed by atoms with E-state index in [1.807, 2.05) is 0 Å². The topological polar surface area (TPSA) is 41.5 Å². The van der Waals surface area contributed by atoms with Crippen LogP contribution in [0.2, 0.25) is 0 Å². The summed E-state index contributed by atoms with van der Waals surface area (Å²) in [6.07, 6.45) is 4.70. The van der Waals surface area contributed by atoms with E-state index in [2.05, 4.69) is 26.1 Å². The zero-order valence-electron chi connectivity index (χ0n) is 11.0. The normalized spacial score (nSPS) is 20.1. The van der Waals surface area contributed by atoms with Crippen LogP contribution < -0.4 is 5.32 Å². The van der Waals surface area contributed by atoms with E-state index in [4.69, 9.17) is 4.74 Å². The number of hydrogen-bond acceptors (Lipinski definition) is 3. The molecule has 0 bridgehead atoms. The number of aliphatic hydroxyl groups excluding tert-OH is 1. The fourth-order valence-electron chi connectivity index (χ4n) is 2.21. The van der Waals surface area contributed by atoms with Gasteiger partial charge < -0.3 is 15.2 Å². The summed E-state index contributed by atoms with van der Waals surface area (Å²) in [5.74, 6) is 0.599. The summed E-state index contributed by atoms with van der Waals surface area (Å²) in [7, 11) is 0. The van der Waals surface area contributed by atoms with Crippen LogP contribution in [0.15, 0.2) is 0 Å². The van der Waals surface area contributed by atoms with Gasteiger partial charge in [0.1, 0.15) is 0 Å². The summed E-state index contributed by atoms with van der Waals surface area (Å²) in [4.78, 5) is 0. The lowest BCUT2D eigenvalue weighted by atomic mass is 9.94. The number of unbranched alkanes of at least 4 members (excludes halogenated alkanes) is 1. The zero-order chi connectivity index (χ0) is 12.0. The van der Waals surface area contributed by atoms with E-state index in [1.165, 1.54) is 12.8 Å². The number of ether oxygens (including phenoxy) is 1. The van der Waals surface area contributed by atoms with Gasteiger partial charge in [-0.1, -0.05) is 27.2 Å². The monoisotopic (exact) mass is 229 g/mol. The third-order valence-corrected chi connectivity index (χ3v) is 3.22. The third-order valence-electron chi connectivity index (χ3n) is 3.22. The van der Waals surface area contributed by atoms with Crippen molar-refractivity contribution in [1.82, 2.24) is 5.32 Å². The van der Waals surface area contributed by atoms with Crippen molar-refractivity contribution < 1.29 is 9.84 Å². The van der Waals surface area contributed by atoms with Crippen LogP contribution in [-0.4, -0.2) is 36.5 Å². The van der Waals surface area contributed by atoms with Gasteiger partial charge in [-0.3, -0.25) is 0 Å². The summed E-state index contributed by atoms with van der Waals surface area (Å²) in [6.45, 7) is 8.05. The second kappa shape index (κ2) is 6.58. The predicted molar refractivity (Wildman–Crippen MR) is 66.5 cm³/mol. The van der Waals surface area contributed by atoms with Crippen molar-refractivity contribution in [3.63, 3.8) is 0 Å². The molecule has 1 aliphatic rings. The lowest BCUT2D eigenvalue weighted by Crippen LogP contribution is -2.56. The summed E-state index contributed by atoms with van der Waals surface area (Å²) >= 11 is 0. The fourth-order valence-corrected chi connectivity index (χ4v) is 2.21. The Balaban J connectivity index is 2.41. The lowest BCUT2D eigenvalue weighted by molar-refractivity contribution is 0.0183. The van der Waals surface area contributed by atoms with Crippen LogP contribution in [0, 0.1) is 5.92 Å². The first-order valence-corrected chi connectivity index (χ1v) is 6.61. The highest BCUT2D eigenvalue weighted by Gasteiger charge is 2.45. The van der Waals surface area contributed by atoms with Crippen LogP contribution in [0.5, 0.6) is 0 Å². The van der Waals surface area contributed by atoms with Gasteiger partial charge in [0.05, 0.1) is 18.8 Å². The molecule has 1 rings (SSSR count). The Labute approximate surface area is 99.6 Å². The average molecular weight is 229 g/mol. The Kier molecular flexibility index (Phi) is 5.73. The third kappa shape index (κ3) is 4.04. The first kappa shape index (κ1) is 13.9. The van der Waals surface area contributed by atoms with Crippen molar-refractivity contribution in [3.05, 3.63) is 0 Å². The Morgan fingerprint density at radius 1 is 1.44 bits per heavy atom. The molecule has 1 saturated carbocycles. The van der Waals surface area contributed by atoms with E-state index < -0.39 is 0 Å². The molecule has 0 spiro atoms. The summed E-state index contributed by atoms with van der Waals surface area (Å²) < 4.78 is 5.71. The van der Waals surface area contributed by atoms with Crippen molar-refractivity contribution in [3.8, 4) is 0 Å². The number of rotatable bonds is 9. The molecule has 1 unspecified atom stereocenters. The standard InChI is InChI=1S/C13H27NO2/c1-4-5-8-16-10-13(9-15,12-6-7-12)14-11(2)3/h11-12,14-15H,4-10H2,1-3H3. The van der Waals surface area contributed by atoms with E-state index in [0.29, 0.717) is 18.6 Å². The molecule has 0 saturated heterocycles. The molecule has 0 aromatic carbocycles. The maximum Gasteiger partial charge on any atom is 0.0681 e. The largest absolute Gasteiger partial charge is 0.394 e. The van der Waals surface area contributed by atoms with E-state index in [0.717, 1.165) is 19.4 Å². The maximum absolute atomic E-state index is 9.65. The van der Waals surface area contributed by atoms with Gasteiger partial charge in [-0.25, -0.2) is 0 Å². The minimum Gasteiger partial charge on any atom is -0.394 e. The van der Waals surface area contributed by atoms with E-state index in [9.17, 15) is 5.11 Å². The molecule has 2 N–H and O–H groups in total. The molecule has 0 aromatic rings. The molecule has 1 atom stereocenters. The molecule has 3 nitrogen and oxygen atoms in total.